The number of nitrogens with one attached hydrogen (secondary N) is 1. The van der Waals surface area contributed by atoms with E-state index in [2.05, 4.69) is 17.2 Å². The number of sulfone groups is 1. The molecule has 0 spiro atoms. The van der Waals surface area contributed by atoms with Gasteiger partial charge in [0.05, 0.1) is 0 Å². The quantitative estimate of drug-likeness (QED) is 0.819. The van der Waals surface area contributed by atoms with Crippen LogP contribution in [0.25, 0.3) is 0 Å². The molecule has 0 atom stereocenters. The summed E-state index contributed by atoms with van der Waals surface area (Å²) < 4.78 is 21.8. The number of aliphatic hydroxyl groups excluding tert-OH is 1. The average molecular weight is 309 g/mol. The highest BCUT2D eigenvalue weighted by molar-refractivity contribution is 7.92. The Hall–Kier alpha value is -1.84. The Kier molecular flexibility index (Phi) is 5.15. The van der Waals surface area contributed by atoms with E-state index in [1.807, 2.05) is 6.92 Å². The Bertz CT molecular complexity index is 709. The van der Waals surface area contributed by atoms with E-state index in [0.29, 0.717) is 11.3 Å². The minimum Gasteiger partial charge on any atom is -0.384 e. The third kappa shape index (κ3) is 4.06. The molecular weight excluding hydrogens is 290 g/mol. The first-order valence-corrected chi connectivity index (χ1v) is 8.20. The van der Waals surface area contributed by atoms with Crippen molar-refractivity contribution in [2.24, 2.45) is 0 Å². The zero-order valence-corrected chi connectivity index (χ0v) is 13.3. The lowest BCUT2D eigenvalue weighted by molar-refractivity contribution is -0.117. The topological polar surface area (TPSA) is 83.5 Å². The second kappa shape index (κ2) is 6.29. The highest BCUT2D eigenvalue weighted by atomic mass is 32.2. The summed E-state index contributed by atoms with van der Waals surface area (Å²) in [4.78, 5) is 12.1. The van der Waals surface area contributed by atoms with Crippen molar-refractivity contribution in [3.8, 4) is 11.8 Å². The van der Waals surface area contributed by atoms with Crippen molar-refractivity contribution in [2.45, 2.75) is 25.5 Å². The van der Waals surface area contributed by atoms with Gasteiger partial charge in [0.2, 0.25) is 5.91 Å². The van der Waals surface area contributed by atoms with Crippen molar-refractivity contribution < 1.29 is 18.3 Å². The molecule has 21 heavy (non-hydrogen) atoms. The number of hydrogen-bond acceptors (Lipinski definition) is 4. The monoisotopic (exact) mass is 309 g/mol. The molecule has 2 N–H and O–H groups in total. The van der Waals surface area contributed by atoms with Gasteiger partial charge in [-0.15, -0.1) is 0 Å². The van der Waals surface area contributed by atoms with E-state index in [1.54, 1.807) is 18.2 Å². The van der Waals surface area contributed by atoms with Crippen LogP contribution in [-0.4, -0.2) is 37.0 Å². The number of aliphatic hydroxyl groups is 1. The Labute approximate surface area is 125 Å². The number of aryl methyl sites for hydroxylation is 1. The van der Waals surface area contributed by atoms with Crippen LogP contribution in [0.3, 0.4) is 0 Å². The maximum atomic E-state index is 12.1. The summed E-state index contributed by atoms with van der Waals surface area (Å²) in [5, 5.41) is 11.3. The van der Waals surface area contributed by atoms with E-state index in [0.717, 1.165) is 11.8 Å². The van der Waals surface area contributed by atoms with Crippen LogP contribution in [-0.2, 0) is 14.6 Å². The highest BCUT2D eigenvalue weighted by Crippen LogP contribution is 2.20. The van der Waals surface area contributed by atoms with Crippen molar-refractivity contribution in [2.75, 3.05) is 18.2 Å². The molecular formula is C15H19NO4S. The molecule has 1 amide bonds. The molecule has 5 nitrogen and oxygen atoms in total. The average Bonchev–Trinajstić information content (AvgIpc) is 2.37. The van der Waals surface area contributed by atoms with E-state index in [9.17, 15) is 13.2 Å². The van der Waals surface area contributed by atoms with Gasteiger partial charge in [-0.25, -0.2) is 8.42 Å². The summed E-state index contributed by atoms with van der Waals surface area (Å²) in [5.41, 5.74) is 2.03. The van der Waals surface area contributed by atoms with Crippen molar-refractivity contribution in [3.05, 3.63) is 29.3 Å². The normalized spacial score (nSPS) is 11.5. The summed E-state index contributed by atoms with van der Waals surface area (Å²) in [6.45, 7) is 4.32. The molecule has 0 bridgehead atoms. The van der Waals surface area contributed by atoms with E-state index in [-0.39, 0.29) is 6.61 Å². The SMILES string of the molecule is Cc1ccc(NC(=O)C(C)(C)S(C)(=O)=O)cc1C#CCO. The number of carbonyl (C=O) groups is 1. The molecule has 1 aromatic rings. The second-order valence-electron chi connectivity index (χ2n) is 5.23. The van der Waals surface area contributed by atoms with Gasteiger partial charge in [-0.3, -0.25) is 4.79 Å². The van der Waals surface area contributed by atoms with E-state index in [4.69, 9.17) is 5.11 Å². The fourth-order valence-corrected chi connectivity index (χ4v) is 1.81. The predicted molar refractivity (Wildman–Crippen MR) is 82.7 cm³/mol. The standard InChI is InChI=1S/C15H19NO4S/c1-11-7-8-13(10-12(11)6-5-9-17)16-14(18)15(2,3)21(4,19)20/h7-8,10,17H,9H2,1-4H3,(H,16,18). The maximum Gasteiger partial charge on any atom is 0.245 e. The zero-order valence-electron chi connectivity index (χ0n) is 12.5. The molecule has 1 rings (SSSR count). The van der Waals surface area contributed by atoms with Crippen LogP contribution in [0.4, 0.5) is 5.69 Å². The number of hydrogen-bond donors (Lipinski definition) is 2. The Morgan fingerprint density at radius 1 is 1.38 bits per heavy atom. The number of anilines is 1. The van der Waals surface area contributed by atoms with E-state index in [1.165, 1.54) is 13.8 Å². The Morgan fingerprint density at radius 2 is 2.00 bits per heavy atom. The third-order valence-electron chi connectivity index (χ3n) is 3.27. The summed E-state index contributed by atoms with van der Waals surface area (Å²) in [6, 6.07) is 5.09. The van der Waals surface area contributed by atoms with E-state index < -0.39 is 20.5 Å². The molecule has 0 saturated carbocycles. The number of amides is 1. The van der Waals surface area contributed by atoms with Crippen LogP contribution in [0, 0.1) is 18.8 Å². The number of rotatable bonds is 3. The second-order valence-corrected chi connectivity index (χ2v) is 7.79. The van der Waals surface area contributed by atoms with Gasteiger partial charge >= 0.3 is 0 Å². The highest BCUT2D eigenvalue weighted by Gasteiger charge is 2.38. The van der Waals surface area contributed by atoms with Crippen LogP contribution >= 0.6 is 0 Å². The Balaban J connectivity index is 3.07. The lowest BCUT2D eigenvalue weighted by Gasteiger charge is -2.21. The van der Waals surface area contributed by atoms with Gasteiger partial charge in [0.15, 0.2) is 9.84 Å². The van der Waals surface area contributed by atoms with Crippen LogP contribution in [0.15, 0.2) is 18.2 Å². The summed E-state index contributed by atoms with van der Waals surface area (Å²) in [6.07, 6.45) is 1.03. The van der Waals surface area contributed by atoms with Gasteiger partial charge in [0.1, 0.15) is 11.4 Å². The van der Waals surface area contributed by atoms with Gasteiger partial charge in [-0.1, -0.05) is 17.9 Å². The van der Waals surface area contributed by atoms with Crippen LogP contribution in [0.1, 0.15) is 25.0 Å². The molecule has 0 saturated heterocycles. The molecule has 0 unspecified atom stereocenters. The summed E-state index contributed by atoms with van der Waals surface area (Å²) >= 11 is 0. The lowest BCUT2D eigenvalue weighted by Crippen LogP contribution is -2.43. The van der Waals surface area contributed by atoms with Crippen molar-refractivity contribution in [1.29, 1.82) is 0 Å². The minimum atomic E-state index is -3.53. The fraction of sp³-hybridized carbons (Fsp3) is 0.400. The van der Waals surface area contributed by atoms with Crippen molar-refractivity contribution >= 4 is 21.4 Å². The van der Waals surface area contributed by atoms with Gasteiger partial charge < -0.3 is 10.4 Å². The molecule has 0 aromatic heterocycles. The zero-order chi connectivity index (χ0) is 16.3. The number of carbonyl (C=O) groups excluding carboxylic acids is 1. The van der Waals surface area contributed by atoms with Crippen LogP contribution in [0.5, 0.6) is 0 Å². The van der Waals surface area contributed by atoms with Gasteiger partial charge in [-0.05, 0) is 38.5 Å². The molecule has 0 heterocycles. The predicted octanol–water partition coefficient (Wildman–Crippen LogP) is 1.10. The Morgan fingerprint density at radius 3 is 2.52 bits per heavy atom. The van der Waals surface area contributed by atoms with Crippen molar-refractivity contribution in [1.82, 2.24) is 0 Å². The van der Waals surface area contributed by atoms with Gasteiger partial charge in [0, 0.05) is 17.5 Å². The number of benzene rings is 1. The first kappa shape index (κ1) is 17.2. The minimum absolute atomic E-state index is 0.253. The molecule has 0 aliphatic rings. The van der Waals surface area contributed by atoms with Crippen molar-refractivity contribution in [3.63, 3.8) is 0 Å². The largest absolute Gasteiger partial charge is 0.384 e. The summed E-state index contributed by atoms with van der Waals surface area (Å²) in [5.74, 6) is 4.71. The molecule has 1 aromatic carbocycles. The smallest absolute Gasteiger partial charge is 0.245 e. The summed E-state index contributed by atoms with van der Waals surface area (Å²) in [7, 11) is -3.53. The molecule has 6 heteroatoms. The lowest BCUT2D eigenvalue weighted by atomic mass is 10.1. The molecule has 0 radical (unpaired) electrons. The molecule has 0 fully saturated rings. The molecule has 0 aliphatic heterocycles. The van der Waals surface area contributed by atoms with E-state index >= 15 is 0 Å². The maximum absolute atomic E-state index is 12.1. The molecule has 0 aliphatic carbocycles. The van der Waals surface area contributed by atoms with Crippen LogP contribution in [0.2, 0.25) is 0 Å². The van der Waals surface area contributed by atoms with Gasteiger partial charge in [-0.2, -0.15) is 0 Å². The third-order valence-corrected chi connectivity index (χ3v) is 5.31. The fourth-order valence-electron chi connectivity index (χ4n) is 1.42. The van der Waals surface area contributed by atoms with Crippen LogP contribution < -0.4 is 5.32 Å². The first-order chi connectivity index (χ1) is 9.59. The van der Waals surface area contributed by atoms with Gasteiger partial charge in [0.25, 0.3) is 0 Å². The molecule has 114 valence electrons. The first-order valence-electron chi connectivity index (χ1n) is 6.31.